The highest BCUT2D eigenvalue weighted by molar-refractivity contribution is 7.86. The van der Waals surface area contributed by atoms with E-state index in [0.717, 1.165) is 6.07 Å². The Balaban J connectivity index is 2.02. The van der Waals surface area contributed by atoms with Gasteiger partial charge in [0.25, 0.3) is 6.10 Å². The molecule has 2 aromatic carbocycles. The highest BCUT2D eigenvalue weighted by Gasteiger charge is 2.66. The number of benzene rings is 2. The van der Waals surface area contributed by atoms with Gasteiger partial charge in [0.05, 0.1) is 12.2 Å². The molecule has 0 saturated carbocycles. The number of ether oxygens (including phenoxy) is 2. The van der Waals surface area contributed by atoms with Crippen LogP contribution in [-0.2, 0) is 19.6 Å². The molecule has 2 aromatic rings. The second-order valence-electron chi connectivity index (χ2n) is 5.97. The number of halogens is 5. The summed E-state index contributed by atoms with van der Waals surface area (Å²) in [5.74, 6) is -1.83. The number of fused-ring (bicyclic) bond motifs is 1. The lowest BCUT2D eigenvalue weighted by Gasteiger charge is -2.26. The summed E-state index contributed by atoms with van der Waals surface area (Å²) >= 11 is 0. The average molecular weight is 426 g/mol. The Kier molecular flexibility index (Phi) is 4.84. The first-order valence-electron chi connectivity index (χ1n) is 7.59. The first kappa shape index (κ1) is 20.4. The summed E-state index contributed by atoms with van der Waals surface area (Å²) in [5.41, 5.74) is 0.128. The van der Waals surface area contributed by atoms with Crippen LogP contribution in [0.5, 0.6) is 0 Å². The first-order valence-corrected chi connectivity index (χ1v) is 9.03. The van der Waals surface area contributed by atoms with Crippen molar-refractivity contribution in [3.63, 3.8) is 0 Å². The summed E-state index contributed by atoms with van der Waals surface area (Å²) in [7, 11) is -6.51. The Bertz CT molecular complexity index is 1030. The van der Waals surface area contributed by atoms with Gasteiger partial charge in [-0.2, -0.15) is 30.4 Å². The molecule has 152 valence electrons. The van der Waals surface area contributed by atoms with E-state index in [1.54, 1.807) is 12.1 Å². The third kappa shape index (κ3) is 3.80. The molecule has 1 fully saturated rings. The zero-order valence-corrected chi connectivity index (χ0v) is 14.4. The van der Waals surface area contributed by atoms with Crippen molar-refractivity contribution in [1.29, 1.82) is 0 Å². The monoisotopic (exact) mass is 426 g/mol. The molecule has 2 atom stereocenters. The quantitative estimate of drug-likeness (QED) is 0.341. The van der Waals surface area contributed by atoms with Crippen molar-refractivity contribution in [2.75, 3.05) is 6.61 Å². The van der Waals surface area contributed by atoms with Gasteiger partial charge in [-0.15, -0.1) is 0 Å². The van der Waals surface area contributed by atoms with E-state index in [9.17, 15) is 35.2 Å². The molecule has 0 spiro atoms. The lowest BCUT2D eigenvalue weighted by Crippen LogP contribution is -2.52. The molecule has 3 rings (SSSR count). The second kappa shape index (κ2) is 6.64. The van der Waals surface area contributed by atoms with E-state index in [1.807, 2.05) is 0 Å². The van der Waals surface area contributed by atoms with Crippen molar-refractivity contribution in [2.45, 2.75) is 23.6 Å². The smallest absolute Gasteiger partial charge is 0.432 e. The summed E-state index contributed by atoms with van der Waals surface area (Å²) in [6.45, 7) is 0.412. The predicted molar refractivity (Wildman–Crippen MR) is 84.4 cm³/mol. The maximum atomic E-state index is 13.6. The Morgan fingerprint density at radius 1 is 1.18 bits per heavy atom. The van der Waals surface area contributed by atoms with E-state index in [2.05, 4.69) is 4.74 Å². The minimum Gasteiger partial charge on any atom is -0.441 e. The van der Waals surface area contributed by atoms with Crippen LogP contribution in [0.4, 0.5) is 22.0 Å². The fourth-order valence-electron chi connectivity index (χ4n) is 2.54. The molecule has 1 N–H and O–H groups in total. The summed E-state index contributed by atoms with van der Waals surface area (Å²) in [5, 5.41) is -5.28. The predicted octanol–water partition coefficient (Wildman–Crippen LogP) is 3.48. The Hall–Kier alpha value is -2.31. The maximum Gasteiger partial charge on any atom is 0.432 e. The Morgan fingerprint density at radius 3 is 2.36 bits per heavy atom. The molecule has 0 aliphatic carbocycles. The summed E-state index contributed by atoms with van der Waals surface area (Å²) in [6.07, 6.45) is -10.6. The van der Waals surface area contributed by atoms with Crippen LogP contribution in [0.25, 0.3) is 10.8 Å². The van der Waals surface area contributed by atoms with Crippen LogP contribution in [0.1, 0.15) is 22.0 Å². The molecular weight excluding hydrogens is 415 g/mol. The molecule has 0 bridgehead atoms. The molecule has 0 radical (unpaired) electrons. The average Bonchev–Trinajstić information content (AvgIpc) is 3.41. The van der Waals surface area contributed by atoms with E-state index in [-0.39, 0.29) is 11.5 Å². The van der Waals surface area contributed by atoms with Gasteiger partial charge in [-0.1, -0.05) is 24.3 Å². The highest BCUT2D eigenvalue weighted by Crippen LogP contribution is 2.39. The summed E-state index contributed by atoms with van der Waals surface area (Å²) in [6, 6.07) is 8.51. The fourth-order valence-corrected chi connectivity index (χ4v) is 2.99. The van der Waals surface area contributed by atoms with E-state index < -0.39 is 39.2 Å². The number of alkyl halides is 5. The fraction of sp³-hybridized carbons (Fsp3) is 0.312. The van der Waals surface area contributed by atoms with Gasteiger partial charge < -0.3 is 9.47 Å². The normalized spacial score (nSPS) is 18.7. The van der Waals surface area contributed by atoms with Gasteiger partial charge in [0.15, 0.2) is 0 Å². The molecule has 12 heteroatoms. The summed E-state index contributed by atoms with van der Waals surface area (Å²) < 4.78 is 105. The second-order valence-corrected chi connectivity index (χ2v) is 7.47. The van der Waals surface area contributed by atoms with E-state index in [1.165, 1.54) is 18.2 Å². The van der Waals surface area contributed by atoms with Crippen LogP contribution < -0.4 is 0 Å². The van der Waals surface area contributed by atoms with Crippen molar-refractivity contribution >= 4 is 26.9 Å². The van der Waals surface area contributed by atoms with Gasteiger partial charge in [0, 0.05) is 0 Å². The van der Waals surface area contributed by atoms with Crippen LogP contribution in [0.15, 0.2) is 36.4 Å². The third-order valence-corrected chi connectivity index (χ3v) is 4.90. The number of carbonyl (C=O) groups excluding carboxylic acids is 1. The van der Waals surface area contributed by atoms with Crippen molar-refractivity contribution < 1.29 is 49.2 Å². The lowest BCUT2D eigenvalue weighted by atomic mass is 10.0. The number of esters is 1. The topological polar surface area (TPSA) is 93.2 Å². The lowest BCUT2D eigenvalue weighted by molar-refractivity contribution is -0.247. The zero-order valence-electron chi connectivity index (χ0n) is 13.6. The molecule has 1 aliphatic heterocycles. The number of rotatable bonds is 5. The van der Waals surface area contributed by atoms with Crippen LogP contribution in [0.3, 0.4) is 0 Å². The molecular formula is C16H11F5O6S. The molecule has 28 heavy (non-hydrogen) atoms. The van der Waals surface area contributed by atoms with E-state index in [0.29, 0.717) is 17.6 Å². The minimum atomic E-state index is -6.51. The van der Waals surface area contributed by atoms with Gasteiger partial charge in [-0.3, -0.25) is 4.55 Å². The van der Waals surface area contributed by atoms with Crippen LogP contribution in [0, 0.1) is 0 Å². The standard InChI is InChI=1S/C16H11F5O6S/c17-15(18,19)14(16(20,21)28(23,24)25)27-13(22)10-3-1-2-8-4-5-9(6-11(8)10)12-7-26-12/h1-6,12,14H,7H2,(H,23,24,25). The zero-order chi connectivity index (χ0) is 20.9. The summed E-state index contributed by atoms with van der Waals surface area (Å²) in [4.78, 5) is 12.2. The molecule has 0 amide bonds. The van der Waals surface area contributed by atoms with Gasteiger partial charge in [-0.05, 0) is 28.5 Å². The molecule has 1 aliphatic rings. The van der Waals surface area contributed by atoms with E-state index in [4.69, 9.17) is 9.29 Å². The molecule has 1 heterocycles. The van der Waals surface area contributed by atoms with Crippen molar-refractivity contribution in [1.82, 2.24) is 0 Å². The molecule has 6 nitrogen and oxygen atoms in total. The van der Waals surface area contributed by atoms with Crippen molar-refractivity contribution in [3.05, 3.63) is 47.5 Å². The maximum absolute atomic E-state index is 13.6. The highest BCUT2D eigenvalue weighted by atomic mass is 32.2. The Morgan fingerprint density at radius 2 is 1.82 bits per heavy atom. The van der Waals surface area contributed by atoms with Gasteiger partial charge in [0.1, 0.15) is 6.10 Å². The minimum absolute atomic E-state index is 0.108. The number of epoxide rings is 1. The number of hydrogen-bond donors (Lipinski definition) is 1. The van der Waals surface area contributed by atoms with Crippen LogP contribution in [0.2, 0.25) is 0 Å². The van der Waals surface area contributed by atoms with Gasteiger partial charge in [0.2, 0.25) is 0 Å². The van der Waals surface area contributed by atoms with Crippen molar-refractivity contribution in [3.8, 4) is 0 Å². The number of carbonyl (C=O) groups is 1. The van der Waals surface area contributed by atoms with Crippen LogP contribution >= 0.6 is 0 Å². The first-order chi connectivity index (χ1) is 12.8. The SMILES string of the molecule is O=C(OC(C(F)(F)F)C(F)(F)S(=O)(=O)O)c1cccc2ccc(C3CO3)cc12. The third-order valence-electron chi connectivity index (χ3n) is 4.00. The van der Waals surface area contributed by atoms with E-state index >= 15 is 0 Å². The van der Waals surface area contributed by atoms with Gasteiger partial charge in [-0.25, -0.2) is 4.79 Å². The largest absolute Gasteiger partial charge is 0.441 e. The molecule has 0 aromatic heterocycles. The number of hydrogen-bond acceptors (Lipinski definition) is 5. The van der Waals surface area contributed by atoms with Crippen LogP contribution in [-0.4, -0.2) is 43.1 Å². The van der Waals surface area contributed by atoms with Gasteiger partial charge >= 0.3 is 27.5 Å². The van der Waals surface area contributed by atoms with Crippen molar-refractivity contribution in [2.24, 2.45) is 0 Å². The Labute approximate surface area is 154 Å². The molecule has 2 unspecified atom stereocenters. The molecule has 1 saturated heterocycles.